The topological polar surface area (TPSA) is 24.9 Å². The predicted octanol–water partition coefficient (Wildman–Crippen LogP) is 1.52. The Labute approximate surface area is 59.6 Å². The molecule has 0 aliphatic carbocycles. The molecule has 0 fully saturated rings. The number of aromatic nitrogens is 1. The first-order valence-electron chi connectivity index (χ1n) is 3.32. The Morgan fingerprint density at radius 2 is 2.50 bits per heavy atom. The van der Waals surface area contributed by atoms with Gasteiger partial charge in [-0.3, -0.25) is 4.98 Å². The molecule has 10 heavy (non-hydrogen) atoms. The molecule has 2 heteroatoms. The minimum absolute atomic E-state index is 0.915. The summed E-state index contributed by atoms with van der Waals surface area (Å²) in [7, 11) is 0. The Hall–Kier alpha value is -1.31. The van der Waals surface area contributed by atoms with Crippen LogP contribution in [0.1, 0.15) is 5.69 Å². The van der Waals surface area contributed by atoms with Gasteiger partial charge < -0.3 is 5.32 Å². The van der Waals surface area contributed by atoms with Crippen molar-refractivity contribution in [3.05, 3.63) is 30.1 Å². The summed E-state index contributed by atoms with van der Waals surface area (Å²) in [6.45, 7) is 0.915. The normalized spacial score (nSPS) is 14.0. The Bertz CT molecular complexity index is 266. The molecule has 2 rings (SSSR count). The van der Waals surface area contributed by atoms with Gasteiger partial charge in [0, 0.05) is 12.7 Å². The van der Waals surface area contributed by atoms with Gasteiger partial charge in [-0.25, -0.2) is 0 Å². The largest absolute Gasteiger partial charge is 0.380 e. The van der Waals surface area contributed by atoms with E-state index in [9.17, 15) is 0 Å². The Kier molecular flexibility index (Phi) is 1.17. The first-order valence-corrected chi connectivity index (χ1v) is 3.32. The van der Waals surface area contributed by atoms with Crippen molar-refractivity contribution in [3.63, 3.8) is 0 Å². The van der Waals surface area contributed by atoms with Crippen LogP contribution < -0.4 is 5.32 Å². The molecule has 0 aromatic carbocycles. The number of rotatable bonds is 0. The van der Waals surface area contributed by atoms with Crippen LogP contribution in [0.3, 0.4) is 0 Å². The van der Waals surface area contributed by atoms with Crippen LogP contribution in [0.25, 0.3) is 6.08 Å². The number of hydrogen-bond donors (Lipinski definition) is 1. The fourth-order valence-corrected chi connectivity index (χ4v) is 1.04. The maximum absolute atomic E-state index is 4.17. The molecule has 2 heterocycles. The van der Waals surface area contributed by atoms with Gasteiger partial charge in [0.05, 0.1) is 11.4 Å². The average molecular weight is 132 g/mol. The molecular weight excluding hydrogens is 124 g/mol. The van der Waals surface area contributed by atoms with Gasteiger partial charge >= 0.3 is 0 Å². The molecule has 0 saturated carbocycles. The van der Waals surface area contributed by atoms with Crippen LogP contribution in [0.2, 0.25) is 0 Å². The van der Waals surface area contributed by atoms with Crippen molar-refractivity contribution >= 4 is 11.8 Å². The third-order valence-electron chi connectivity index (χ3n) is 1.52. The molecule has 2 nitrogen and oxygen atoms in total. The second-order valence-electron chi connectivity index (χ2n) is 2.22. The molecular formula is C8H8N2. The summed E-state index contributed by atoms with van der Waals surface area (Å²) in [5.74, 6) is 0. The van der Waals surface area contributed by atoms with Crippen molar-refractivity contribution in [3.8, 4) is 0 Å². The molecule has 0 amide bonds. The summed E-state index contributed by atoms with van der Waals surface area (Å²) < 4.78 is 0. The number of nitrogens with zero attached hydrogens (tertiary/aromatic N) is 1. The highest BCUT2D eigenvalue weighted by molar-refractivity contribution is 5.66. The number of anilines is 1. The van der Waals surface area contributed by atoms with Gasteiger partial charge in [0.15, 0.2) is 0 Å². The summed E-state index contributed by atoms with van der Waals surface area (Å²) in [6.07, 6.45) is 5.90. The highest BCUT2D eigenvalue weighted by atomic mass is 14.9. The van der Waals surface area contributed by atoms with E-state index in [1.807, 2.05) is 18.2 Å². The summed E-state index contributed by atoms with van der Waals surface area (Å²) in [6, 6.07) is 3.97. The van der Waals surface area contributed by atoms with Gasteiger partial charge in [-0.05, 0) is 18.2 Å². The lowest BCUT2D eigenvalue weighted by Gasteiger charge is -2.09. The predicted molar refractivity (Wildman–Crippen MR) is 41.8 cm³/mol. The van der Waals surface area contributed by atoms with Gasteiger partial charge in [-0.15, -0.1) is 0 Å². The molecule has 50 valence electrons. The van der Waals surface area contributed by atoms with E-state index in [1.54, 1.807) is 6.20 Å². The Balaban J connectivity index is 2.54. The number of pyridine rings is 1. The van der Waals surface area contributed by atoms with Crippen molar-refractivity contribution in [2.24, 2.45) is 0 Å². The summed E-state index contributed by atoms with van der Waals surface area (Å²) in [5, 5.41) is 3.21. The zero-order valence-corrected chi connectivity index (χ0v) is 5.54. The molecule has 1 N–H and O–H groups in total. The van der Waals surface area contributed by atoms with E-state index in [0.29, 0.717) is 0 Å². The van der Waals surface area contributed by atoms with Crippen LogP contribution in [0.5, 0.6) is 0 Å². The van der Waals surface area contributed by atoms with Crippen LogP contribution >= 0.6 is 0 Å². The molecule has 1 aromatic rings. The van der Waals surface area contributed by atoms with Crippen LogP contribution in [-0.4, -0.2) is 11.5 Å². The average Bonchev–Trinajstić information content (AvgIpc) is 2.05. The molecule has 1 aliphatic rings. The van der Waals surface area contributed by atoms with E-state index in [-0.39, 0.29) is 0 Å². The first-order chi connectivity index (χ1) is 4.97. The third-order valence-corrected chi connectivity index (χ3v) is 1.52. The second-order valence-corrected chi connectivity index (χ2v) is 2.22. The first kappa shape index (κ1) is 5.47. The van der Waals surface area contributed by atoms with E-state index < -0.39 is 0 Å². The van der Waals surface area contributed by atoms with E-state index >= 15 is 0 Å². The third kappa shape index (κ3) is 0.778. The van der Waals surface area contributed by atoms with E-state index in [0.717, 1.165) is 17.9 Å². The molecule has 0 saturated heterocycles. The van der Waals surface area contributed by atoms with Crippen LogP contribution in [0.4, 0.5) is 5.69 Å². The van der Waals surface area contributed by atoms with E-state index in [4.69, 9.17) is 0 Å². The number of hydrogen-bond acceptors (Lipinski definition) is 2. The van der Waals surface area contributed by atoms with Crippen molar-refractivity contribution in [1.82, 2.24) is 4.98 Å². The highest BCUT2D eigenvalue weighted by Gasteiger charge is 2.00. The SMILES string of the molecule is C1=Cc2ncccc2NC1. The minimum atomic E-state index is 0.915. The molecule has 0 spiro atoms. The zero-order valence-electron chi connectivity index (χ0n) is 5.54. The Morgan fingerprint density at radius 1 is 1.50 bits per heavy atom. The van der Waals surface area contributed by atoms with Gasteiger partial charge in [0.2, 0.25) is 0 Å². The van der Waals surface area contributed by atoms with Gasteiger partial charge in [0.25, 0.3) is 0 Å². The lowest BCUT2D eigenvalue weighted by molar-refractivity contribution is 1.22. The van der Waals surface area contributed by atoms with Crippen molar-refractivity contribution in [1.29, 1.82) is 0 Å². The molecule has 0 atom stereocenters. The molecule has 1 aromatic heterocycles. The molecule has 0 unspecified atom stereocenters. The quantitative estimate of drug-likeness (QED) is 0.579. The van der Waals surface area contributed by atoms with E-state index in [2.05, 4.69) is 16.4 Å². The van der Waals surface area contributed by atoms with Gasteiger partial charge in [0.1, 0.15) is 0 Å². The lowest BCUT2D eigenvalue weighted by atomic mass is 10.2. The van der Waals surface area contributed by atoms with Crippen molar-refractivity contribution in [2.45, 2.75) is 0 Å². The lowest BCUT2D eigenvalue weighted by Crippen LogP contribution is -2.04. The number of nitrogens with one attached hydrogen (secondary N) is 1. The fraction of sp³-hybridized carbons (Fsp3) is 0.125. The van der Waals surface area contributed by atoms with Crippen LogP contribution in [0.15, 0.2) is 24.4 Å². The standard InChI is InChI=1S/C8H8N2/c1-3-7-8(9-5-1)4-2-6-10-7/h1-5,10H,6H2. The molecule has 0 bridgehead atoms. The van der Waals surface area contributed by atoms with E-state index in [1.165, 1.54) is 0 Å². The Morgan fingerprint density at radius 3 is 3.40 bits per heavy atom. The smallest absolute Gasteiger partial charge is 0.0858 e. The molecule has 0 radical (unpaired) electrons. The molecule has 1 aliphatic heterocycles. The van der Waals surface area contributed by atoms with Crippen molar-refractivity contribution < 1.29 is 0 Å². The van der Waals surface area contributed by atoms with Crippen LogP contribution in [0, 0.1) is 0 Å². The minimum Gasteiger partial charge on any atom is -0.380 e. The maximum atomic E-state index is 4.17. The maximum Gasteiger partial charge on any atom is 0.0858 e. The number of fused-ring (bicyclic) bond motifs is 1. The van der Waals surface area contributed by atoms with Gasteiger partial charge in [-0.1, -0.05) is 6.08 Å². The second kappa shape index (κ2) is 2.14. The summed E-state index contributed by atoms with van der Waals surface area (Å²) in [5.41, 5.74) is 2.17. The zero-order chi connectivity index (χ0) is 6.81. The monoisotopic (exact) mass is 132 g/mol. The summed E-state index contributed by atoms with van der Waals surface area (Å²) in [4.78, 5) is 4.17. The summed E-state index contributed by atoms with van der Waals surface area (Å²) >= 11 is 0. The van der Waals surface area contributed by atoms with Crippen LogP contribution in [-0.2, 0) is 0 Å². The highest BCUT2D eigenvalue weighted by Crippen LogP contribution is 2.16. The van der Waals surface area contributed by atoms with Gasteiger partial charge in [-0.2, -0.15) is 0 Å². The van der Waals surface area contributed by atoms with Crippen molar-refractivity contribution in [2.75, 3.05) is 11.9 Å². The fourth-order valence-electron chi connectivity index (χ4n) is 1.04.